The number of halogens is 3. The van der Waals surface area contributed by atoms with E-state index in [0.717, 1.165) is 60.3 Å². The maximum absolute atomic E-state index is 12.4. The van der Waals surface area contributed by atoms with E-state index < -0.39 is 6.36 Å². The van der Waals surface area contributed by atoms with Gasteiger partial charge in [0.2, 0.25) is 0 Å². The second kappa shape index (κ2) is 10.9. The fraction of sp³-hybridized carbons (Fsp3) is 0.429. The molecule has 0 spiro atoms. The van der Waals surface area contributed by atoms with Crippen molar-refractivity contribution in [3.8, 4) is 11.5 Å². The van der Waals surface area contributed by atoms with Gasteiger partial charge in [-0.1, -0.05) is 20.3 Å². The number of aromatic nitrogens is 1. The number of anilines is 2. The third-order valence-electron chi connectivity index (χ3n) is 6.86. The van der Waals surface area contributed by atoms with E-state index in [2.05, 4.69) is 34.9 Å². The minimum atomic E-state index is -4.76. The van der Waals surface area contributed by atoms with Crippen molar-refractivity contribution in [2.75, 3.05) is 29.9 Å². The van der Waals surface area contributed by atoms with Crippen LogP contribution in [0.3, 0.4) is 0 Å². The minimum Gasteiger partial charge on any atom is -0.484 e. The van der Waals surface area contributed by atoms with E-state index in [0.29, 0.717) is 11.1 Å². The van der Waals surface area contributed by atoms with Crippen LogP contribution in [-0.4, -0.2) is 36.9 Å². The van der Waals surface area contributed by atoms with E-state index in [1.165, 1.54) is 25.0 Å². The lowest BCUT2D eigenvalue weighted by molar-refractivity contribution is -0.274. The quantitative estimate of drug-likeness (QED) is 0.355. The highest BCUT2D eigenvalue weighted by atomic mass is 19.4. The van der Waals surface area contributed by atoms with Gasteiger partial charge in [0.25, 0.3) is 5.91 Å². The van der Waals surface area contributed by atoms with Crippen molar-refractivity contribution >= 4 is 28.3 Å². The highest BCUT2D eigenvalue weighted by Crippen LogP contribution is 2.37. The van der Waals surface area contributed by atoms with Crippen LogP contribution in [0.2, 0.25) is 0 Å². The molecular formula is C28H32F3N3O3. The summed E-state index contributed by atoms with van der Waals surface area (Å²) in [5.74, 6) is 0.493. The fourth-order valence-corrected chi connectivity index (χ4v) is 4.83. The Bertz CT molecular complexity index is 1240. The molecule has 1 aliphatic rings. The molecule has 1 saturated heterocycles. The van der Waals surface area contributed by atoms with E-state index in [1.807, 2.05) is 19.1 Å². The van der Waals surface area contributed by atoms with Crippen LogP contribution in [0.5, 0.6) is 11.5 Å². The number of carbonyl (C=O) groups excluding carboxylic acids is 1. The molecule has 198 valence electrons. The van der Waals surface area contributed by atoms with Crippen LogP contribution in [0, 0.1) is 12.3 Å². The molecule has 1 aromatic heterocycles. The molecule has 0 saturated carbocycles. The number of fused-ring (bicyclic) bond motifs is 1. The number of amides is 1. The molecule has 4 rings (SSSR count). The molecule has 1 aliphatic heterocycles. The van der Waals surface area contributed by atoms with Crippen LogP contribution in [0.25, 0.3) is 10.9 Å². The lowest BCUT2D eigenvalue weighted by Crippen LogP contribution is -2.39. The van der Waals surface area contributed by atoms with Gasteiger partial charge in [0.05, 0.1) is 5.52 Å². The Hall–Kier alpha value is -3.49. The maximum atomic E-state index is 12.4. The molecule has 0 aliphatic carbocycles. The summed E-state index contributed by atoms with van der Waals surface area (Å²) in [6, 6.07) is 12.6. The van der Waals surface area contributed by atoms with E-state index in [9.17, 15) is 18.0 Å². The Morgan fingerprint density at radius 1 is 1.08 bits per heavy atom. The van der Waals surface area contributed by atoms with Crippen molar-refractivity contribution in [3.05, 3.63) is 54.1 Å². The largest absolute Gasteiger partial charge is 0.573 e. The number of hydrogen-bond donors (Lipinski definition) is 1. The van der Waals surface area contributed by atoms with Crippen molar-refractivity contribution < 1.29 is 27.4 Å². The number of carbonyl (C=O) groups is 1. The highest BCUT2D eigenvalue weighted by molar-refractivity contribution is 5.95. The van der Waals surface area contributed by atoms with Gasteiger partial charge >= 0.3 is 6.36 Å². The number of ether oxygens (including phenoxy) is 2. The van der Waals surface area contributed by atoms with Crippen molar-refractivity contribution in [2.24, 2.45) is 5.41 Å². The van der Waals surface area contributed by atoms with Crippen LogP contribution >= 0.6 is 0 Å². The summed E-state index contributed by atoms with van der Waals surface area (Å²) in [7, 11) is 0. The Morgan fingerprint density at radius 2 is 1.76 bits per heavy atom. The monoisotopic (exact) mass is 515 g/mol. The van der Waals surface area contributed by atoms with E-state index in [-0.39, 0.29) is 24.0 Å². The molecule has 2 aromatic carbocycles. The summed E-state index contributed by atoms with van der Waals surface area (Å²) in [6.07, 6.45) is 0.0359. The number of aryl methyl sites for hydroxylation is 1. The SMILES string of the molecule is CCCC1(C)CCN(c2cc(C)c3cc(NC(=O)COc4ccc(OC(F)(F)F)cc4)ccc3n2)CC1. The van der Waals surface area contributed by atoms with Gasteiger partial charge in [-0.15, -0.1) is 13.2 Å². The first-order chi connectivity index (χ1) is 17.5. The third kappa shape index (κ3) is 7.05. The van der Waals surface area contributed by atoms with Crippen molar-refractivity contribution in [1.29, 1.82) is 0 Å². The van der Waals surface area contributed by atoms with E-state index in [4.69, 9.17) is 9.72 Å². The zero-order valence-electron chi connectivity index (χ0n) is 21.3. The van der Waals surface area contributed by atoms with Crippen LogP contribution < -0.4 is 19.7 Å². The second-order valence-electron chi connectivity index (χ2n) is 9.93. The zero-order valence-corrected chi connectivity index (χ0v) is 21.3. The van der Waals surface area contributed by atoms with Gasteiger partial charge in [-0.3, -0.25) is 4.79 Å². The van der Waals surface area contributed by atoms with E-state index in [1.54, 1.807) is 6.07 Å². The Kier molecular flexibility index (Phi) is 7.80. The first-order valence-corrected chi connectivity index (χ1v) is 12.5. The van der Waals surface area contributed by atoms with Gasteiger partial charge in [-0.05, 0) is 85.7 Å². The predicted octanol–water partition coefficient (Wildman–Crippen LogP) is 6.87. The molecule has 9 heteroatoms. The molecule has 1 fully saturated rings. The number of nitrogens with zero attached hydrogens (tertiary/aromatic N) is 2. The average molecular weight is 516 g/mol. The van der Waals surface area contributed by atoms with Crippen molar-refractivity contribution in [3.63, 3.8) is 0 Å². The molecule has 0 radical (unpaired) electrons. The summed E-state index contributed by atoms with van der Waals surface area (Å²) < 4.78 is 46.0. The highest BCUT2D eigenvalue weighted by Gasteiger charge is 2.31. The summed E-state index contributed by atoms with van der Waals surface area (Å²) in [6.45, 7) is 8.38. The van der Waals surface area contributed by atoms with Gasteiger partial charge in [0, 0.05) is 24.2 Å². The van der Waals surface area contributed by atoms with Crippen molar-refractivity contribution in [1.82, 2.24) is 4.98 Å². The third-order valence-corrected chi connectivity index (χ3v) is 6.86. The Morgan fingerprint density at radius 3 is 2.41 bits per heavy atom. The summed E-state index contributed by atoms with van der Waals surface area (Å²) in [5.41, 5.74) is 2.97. The molecule has 0 bridgehead atoms. The summed E-state index contributed by atoms with van der Waals surface area (Å²) >= 11 is 0. The molecule has 6 nitrogen and oxygen atoms in total. The predicted molar refractivity (Wildman–Crippen MR) is 138 cm³/mol. The number of nitrogens with one attached hydrogen (secondary N) is 1. The number of piperidine rings is 1. The number of benzene rings is 2. The lowest BCUT2D eigenvalue weighted by atomic mass is 9.77. The van der Waals surface area contributed by atoms with Gasteiger partial charge in [-0.2, -0.15) is 0 Å². The summed E-state index contributed by atoms with van der Waals surface area (Å²) in [4.78, 5) is 19.6. The van der Waals surface area contributed by atoms with Crippen LogP contribution in [-0.2, 0) is 4.79 Å². The fourth-order valence-electron chi connectivity index (χ4n) is 4.83. The van der Waals surface area contributed by atoms with Gasteiger partial charge < -0.3 is 19.7 Å². The Labute approximate surface area is 214 Å². The lowest BCUT2D eigenvalue weighted by Gasteiger charge is -2.40. The first kappa shape index (κ1) is 26.6. The first-order valence-electron chi connectivity index (χ1n) is 12.5. The standard InChI is InChI=1S/C28H32F3N3O3/c1-4-11-27(3)12-14-34(15-13-27)25-16-19(2)23-17-20(5-10-24(23)33-25)32-26(35)18-36-21-6-8-22(9-7-21)37-28(29,30)31/h5-10,16-17H,4,11-15,18H2,1-3H3,(H,32,35). The van der Waals surface area contributed by atoms with Crippen LogP contribution in [0.15, 0.2) is 48.5 Å². The van der Waals surface area contributed by atoms with E-state index >= 15 is 0 Å². The van der Waals surface area contributed by atoms with Crippen LogP contribution in [0.4, 0.5) is 24.7 Å². The maximum Gasteiger partial charge on any atom is 0.573 e. The molecule has 3 aromatic rings. The summed E-state index contributed by atoms with van der Waals surface area (Å²) in [5, 5.41) is 3.75. The number of hydrogen-bond acceptors (Lipinski definition) is 5. The molecular weight excluding hydrogens is 483 g/mol. The number of pyridine rings is 1. The Balaban J connectivity index is 1.35. The molecule has 0 unspecified atom stereocenters. The van der Waals surface area contributed by atoms with Gasteiger partial charge in [0.15, 0.2) is 6.61 Å². The topological polar surface area (TPSA) is 63.7 Å². The van der Waals surface area contributed by atoms with Gasteiger partial charge in [-0.25, -0.2) is 4.98 Å². The zero-order chi connectivity index (χ0) is 26.6. The molecule has 1 N–H and O–H groups in total. The van der Waals surface area contributed by atoms with Gasteiger partial charge in [0.1, 0.15) is 17.3 Å². The van der Waals surface area contributed by atoms with Crippen LogP contribution in [0.1, 0.15) is 45.1 Å². The molecule has 1 amide bonds. The molecule has 0 atom stereocenters. The molecule has 37 heavy (non-hydrogen) atoms. The second-order valence-corrected chi connectivity index (χ2v) is 9.93. The molecule has 2 heterocycles. The minimum absolute atomic E-state index is 0.253. The number of alkyl halides is 3. The smallest absolute Gasteiger partial charge is 0.484 e. The average Bonchev–Trinajstić information content (AvgIpc) is 2.83. The number of rotatable bonds is 8. The normalized spacial score (nSPS) is 15.5. The van der Waals surface area contributed by atoms with Crippen molar-refractivity contribution in [2.45, 2.75) is 52.8 Å².